The van der Waals surface area contributed by atoms with Crippen LogP contribution < -0.4 is 4.18 Å². The molecule has 0 saturated heterocycles. The number of aliphatic hydroxyl groups excluding tert-OH is 1. The number of fused-ring (bicyclic) bond motifs is 5. The number of rotatable bonds is 2. The zero-order valence-electron chi connectivity index (χ0n) is 14.8. The Kier molecular flexibility index (Phi) is 3.71. The molecule has 0 aliphatic heterocycles. The van der Waals surface area contributed by atoms with Crippen LogP contribution in [0.3, 0.4) is 0 Å². The van der Waals surface area contributed by atoms with Crippen LogP contribution in [0.2, 0.25) is 0 Å². The van der Waals surface area contributed by atoms with E-state index < -0.39 is 10.4 Å². The van der Waals surface area contributed by atoms with Gasteiger partial charge in [-0.05, 0) is 85.0 Å². The highest BCUT2D eigenvalue weighted by molar-refractivity contribution is 7.81. The summed E-state index contributed by atoms with van der Waals surface area (Å²) in [5.74, 6) is 1.73. The lowest BCUT2D eigenvalue weighted by Gasteiger charge is -2.50. The molecule has 0 radical (unpaired) electrons. The lowest BCUT2D eigenvalue weighted by Crippen LogP contribution is -2.43. The molecule has 2 fully saturated rings. The van der Waals surface area contributed by atoms with Crippen molar-refractivity contribution >= 4 is 10.4 Å². The predicted molar refractivity (Wildman–Crippen MR) is 88.5 cm³/mol. The standard InChI is InChI=1S/C18H24O5S/c1-18-9-8-14-13-5-3-12(23-24(20,21)22)10-11(13)2-4-15(14)16(18)6-7-17(18)19/h3,5,10,14-17,19H,2,4,6-9H2,1H3,(H,20,21,22)/t14-,15-,16+,17-,18+/m1/s1. The first-order valence-corrected chi connectivity index (χ1v) is 10.1. The molecule has 0 spiro atoms. The maximum atomic E-state index is 10.8. The van der Waals surface area contributed by atoms with Crippen molar-refractivity contribution in [3.05, 3.63) is 29.3 Å². The molecule has 2 saturated carbocycles. The summed E-state index contributed by atoms with van der Waals surface area (Å²) < 4.78 is 36.8. The second kappa shape index (κ2) is 5.44. The third-order valence-electron chi connectivity index (χ3n) is 6.85. The second-order valence-corrected chi connectivity index (χ2v) is 8.89. The molecular formula is C18H24O5S. The topological polar surface area (TPSA) is 86.7 Å². The highest BCUT2D eigenvalue weighted by atomic mass is 32.3. The molecule has 0 aromatic heterocycles. The molecule has 132 valence electrons. The summed E-state index contributed by atoms with van der Waals surface area (Å²) >= 11 is 0. The average Bonchev–Trinajstić information content (AvgIpc) is 2.81. The molecule has 5 atom stereocenters. The van der Waals surface area contributed by atoms with Crippen LogP contribution in [0, 0.1) is 17.3 Å². The number of hydrogen-bond donors (Lipinski definition) is 1. The van der Waals surface area contributed by atoms with Gasteiger partial charge in [0.05, 0.1) is 6.10 Å². The molecule has 3 aliphatic rings. The van der Waals surface area contributed by atoms with Gasteiger partial charge in [0.1, 0.15) is 5.75 Å². The molecule has 1 N–H and O–H groups in total. The number of benzene rings is 1. The van der Waals surface area contributed by atoms with Crippen molar-refractivity contribution in [2.24, 2.45) is 17.3 Å². The van der Waals surface area contributed by atoms with Crippen LogP contribution in [0.1, 0.15) is 57.5 Å². The molecule has 6 heteroatoms. The lowest BCUT2D eigenvalue weighted by molar-refractivity contribution is -0.0226. The van der Waals surface area contributed by atoms with E-state index in [0.29, 0.717) is 17.8 Å². The van der Waals surface area contributed by atoms with E-state index in [0.717, 1.165) is 44.1 Å². The molecule has 0 amide bonds. The van der Waals surface area contributed by atoms with E-state index in [1.165, 1.54) is 5.56 Å². The van der Waals surface area contributed by atoms with Crippen LogP contribution in [0.15, 0.2) is 18.2 Å². The van der Waals surface area contributed by atoms with Gasteiger partial charge in [0.2, 0.25) is 0 Å². The van der Waals surface area contributed by atoms with Gasteiger partial charge in [-0.1, -0.05) is 13.0 Å². The predicted octanol–water partition coefficient (Wildman–Crippen LogP) is 2.86. The second-order valence-electron chi connectivity index (χ2n) is 7.91. The van der Waals surface area contributed by atoms with Gasteiger partial charge in [-0.25, -0.2) is 8.42 Å². The first kappa shape index (κ1) is 16.4. The first-order chi connectivity index (χ1) is 11.3. The van der Waals surface area contributed by atoms with Crippen LogP contribution in [0.4, 0.5) is 0 Å². The molecule has 24 heavy (non-hydrogen) atoms. The molecule has 0 heterocycles. The Balaban J connectivity index is 0.00000182. The minimum Gasteiger partial charge on any atom is -0.716 e. The largest absolute Gasteiger partial charge is 1.00 e. The zero-order chi connectivity index (χ0) is 17.1. The fourth-order valence-corrected chi connectivity index (χ4v) is 6.04. The number of aryl methyl sites for hydroxylation is 1. The molecule has 1 aromatic rings. The van der Waals surface area contributed by atoms with E-state index in [4.69, 9.17) is 0 Å². The Bertz CT molecular complexity index is 765. The monoisotopic (exact) mass is 352 g/mol. The highest BCUT2D eigenvalue weighted by Gasteiger charge is 2.54. The van der Waals surface area contributed by atoms with Crippen molar-refractivity contribution in [1.29, 1.82) is 0 Å². The maximum absolute atomic E-state index is 10.8. The minimum atomic E-state index is -4.73. The summed E-state index contributed by atoms with van der Waals surface area (Å²) in [6.45, 7) is 2.25. The van der Waals surface area contributed by atoms with Crippen molar-refractivity contribution in [3.63, 3.8) is 0 Å². The van der Waals surface area contributed by atoms with Crippen LogP contribution in [-0.2, 0) is 16.8 Å². The molecule has 0 bridgehead atoms. The molecular weight excluding hydrogens is 328 g/mol. The van der Waals surface area contributed by atoms with Gasteiger partial charge in [-0.3, -0.25) is 0 Å². The Labute approximate surface area is 144 Å². The Morgan fingerprint density at radius 3 is 2.83 bits per heavy atom. The maximum Gasteiger partial charge on any atom is 1.00 e. The van der Waals surface area contributed by atoms with Gasteiger partial charge in [0, 0.05) is 0 Å². The summed E-state index contributed by atoms with van der Waals surface area (Å²) in [6.07, 6.45) is 5.85. The summed E-state index contributed by atoms with van der Waals surface area (Å²) in [5, 5.41) is 10.4. The van der Waals surface area contributed by atoms with Crippen LogP contribution in [-0.4, -0.2) is 24.2 Å². The van der Waals surface area contributed by atoms with Crippen molar-refractivity contribution < 1.29 is 23.7 Å². The molecule has 1 aromatic carbocycles. The van der Waals surface area contributed by atoms with Gasteiger partial charge in [-0.15, -0.1) is 0 Å². The average molecular weight is 352 g/mol. The Morgan fingerprint density at radius 2 is 2.08 bits per heavy atom. The summed E-state index contributed by atoms with van der Waals surface area (Å²) in [5.41, 5.74) is 2.42. The molecule has 3 aliphatic carbocycles. The van der Waals surface area contributed by atoms with E-state index >= 15 is 0 Å². The third-order valence-corrected chi connectivity index (χ3v) is 7.24. The highest BCUT2D eigenvalue weighted by Crippen LogP contribution is 2.60. The summed E-state index contributed by atoms with van der Waals surface area (Å²) in [6, 6.07) is 5.23. The number of hydrogen-bond acceptors (Lipinski definition) is 5. The summed E-state index contributed by atoms with van der Waals surface area (Å²) in [7, 11) is -4.73. The lowest BCUT2D eigenvalue weighted by atomic mass is 9.55. The SMILES string of the molecule is C[C@]12CC[C@@H]3c4ccc(OS(=O)(=O)[O-])cc4CC[C@H]3[C@@H]1CC[C@H]2O.[H+]. The molecule has 5 nitrogen and oxygen atoms in total. The minimum absolute atomic E-state index is 0. The molecule has 0 unspecified atom stereocenters. The zero-order valence-corrected chi connectivity index (χ0v) is 14.6. The van der Waals surface area contributed by atoms with Crippen molar-refractivity contribution in [2.45, 2.75) is 57.5 Å². The van der Waals surface area contributed by atoms with Gasteiger partial charge in [0.25, 0.3) is 10.4 Å². The molecule has 4 rings (SSSR count). The third kappa shape index (κ3) is 2.55. The first-order valence-electron chi connectivity index (χ1n) is 8.74. The van der Waals surface area contributed by atoms with E-state index in [1.807, 2.05) is 6.07 Å². The van der Waals surface area contributed by atoms with E-state index in [1.54, 1.807) is 12.1 Å². The van der Waals surface area contributed by atoms with Crippen molar-refractivity contribution in [2.75, 3.05) is 0 Å². The van der Waals surface area contributed by atoms with Gasteiger partial charge >= 0.3 is 1.43 Å². The Morgan fingerprint density at radius 1 is 1.29 bits per heavy atom. The van der Waals surface area contributed by atoms with Gasteiger partial charge < -0.3 is 13.8 Å². The van der Waals surface area contributed by atoms with Crippen molar-refractivity contribution in [3.8, 4) is 5.75 Å². The van der Waals surface area contributed by atoms with E-state index in [2.05, 4.69) is 11.1 Å². The number of aliphatic hydroxyl groups is 1. The van der Waals surface area contributed by atoms with E-state index in [-0.39, 0.29) is 18.7 Å². The Hall–Kier alpha value is -1.11. The quantitative estimate of drug-likeness (QED) is 0.653. The fourth-order valence-electron chi connectivity index (χ4n) is 5.70. The van der Waals surface area contributed by atoms with E-state index in [9.17, 15) is 18.1 Å². The van der Waals surface area contributed by atoms with Gasteiger partial charge in [-0.2, -0.15) is 0 Å². The summed E-state index contributed by atoms with van der Waals surface area (Å²) in [4.78, 5) is 0. The van der Waals surface area contributed by atoms with Crippen molar-refractivity contribution in [1.82, 2.24) is 0 Å². The fraction of sp³-hybridized carbons (Fsp3) is 0.667. The van der Waals surface area contributed by atoms with Crippen LogP contribution >= 0.6 is 0 Å². The normalized spacial score (nSPS) is 38.1. The van der Waals surface area contributed by atoms with Crippen LogP contribution in [0.5, 0.6) is 5.75 Å². The van der Waals surface area contributed by atoms with Crippen LogP contribution in [0.25, 0.3) is 0 Å². The van der Waals surface area contributed by atoms with Gasteiger partial charge in [0.15, 0.2) is 0 Å². The smallest absolute Gasteiger partial charge is 0.716 e.